The molecule has 5 nitrogen and oxygen atoms in total. The molecule has 1 saturated heterocycles. The third kappa shape index (κ3) is 5.06. The molecule has 1 aromatic rings. The second-order valence-electron chi connectivity index (χ2n) is 5.90. The molecule has 24 heavy (non-hydrogen) atoms. The summed E-state index contributed by atoms with van der Waals surface area (Å²) in [5, 5.41) is 2.85. The molecule has 2 amide bonds. The van der Waals surface area contributed by atoms with E-state index >= 15 is 0 Å². The van der Waals surface area contributed by atoms with Gasteiger partial charge < -0.3 is 10.2 Å². The highest BCUT2D eigenvalue weighted by molar-refractivity contribution is 5.96. The van der Waals surface area contributed by atoms with E-state index in [-0.39, 0.29) is 18.4 Å². The third-order valence-electron chi connectivity index (χ3n) is 3.95. The molecule has 2 rings (SSSR count). The Kier molecular flexibility index (Phi) is 6.75. The van der Waals surface area contributed by atoms with Crippen molar-refractivity contribution in [3.63, 3.8) is 0 Å². The van der Waals surface area contributed by atoms with Gasteiger partial charge in [-0.25, -0.2) is 0 Å². The molecule has 0 unspecified atom stereocenters. The van der Waals surface area contributed by atoms with Gasteiger partial charge in [0, 0.05) is 37.4 Å². The molecule has 1 heterocycles. The molecule has 0 bridgehead atoms. The summed E-state index contributed by atoms with van der Waals surface area (Å²) in [6.07, 6.45) is 5.67. The van der Waals surface area contributed by atoms with Crippen molar-refractivity contribution in [3.8, 4) is 0 Å². The molecule has 0 spiro atoms. The van der Waals surface area contributed by atoms with Crippen LogP contribution in [0.15, 0.2) is 49.6 Å². The lowest BCUT2D eigenvalue weighted by Crippen LogP contribution is -2.33. The summed E-state index contributed by atoms with van der Waals surface area (Å²) >= 11 is 0. The van der Waals surface area contributed by atoms with Gasteiger partial charge in [0.1, 0.15) is 0 Å². The SMILES string of the molecule is C=CCN(CC=C)CC(=O)Nc1ccc(C(=O)N2CCCC2)cc1. The standard InChI is InChI=1S/C19H25N3O2/c1-3-11-21(12-4-2)15-18(23)20-17-9-7-16(8-10-17)19(24)22-13-5-6-14-22/h3-4,7-10H,1-2,5-6,11-15H2,(H,20,23). The number of amides is 2. The molecule has 1 aliphatic rings. The molecule has 0 atom stereocenters. The zero-order valence-corrected chi connectivity index (χ0v) is 14.0. The Morgan fingerprint density at radius 3 is 2.21 bits per heavy atom. The first-order valence-electron chi connectivity index (χ1n) is 8.27. The number of nitrogens with one attached hydrogen (secondary N) is 1. The zero-order chi connectivity index (χ0) is 17.4. The van der Waals surface area contributed by atoms with E-state index < -0.39 is 0 Å². The van der Waals surface area contributed by atoms with Gasteiger partial charge in [-0.05, 0) is 37.1 Å². The van der Waals surface area contributed by atoms with Gasteiger partial charge in [0.05, 0.1) is 6.54 Å². The number of rotatable bonds is 8. The number of anilines is 1. The van der Waals surface area contributed by atoms with Crippen molar-refractivity contribution in [2.75, 3.05) is 38.0 Å². The zero-order valence-electron chi connectivity index (χ0n) is 14.0. The van der Waals surface area contributed by atoms with E-state index in [0.29, 0.717) is 24.3 Å². The Morgan fingerprint density at radius 2 is 1.67 bits per heavy atom. The lowest BCUT2D eigenvalue weighted by atomic mass is 10.2. The largest absolute Gasteiger partial charge is 0.339 e. The van der Waals surface area contributed by atoms with Crippen LogP contribution in [0.3, 0.4) is 0 Å². The van der Waals surface area contributed by atoms with Crippen molar-refractivity contribution in [2.45, 2.75) is 12.8 Å². The molecule has 1 fully saturated rings. The van der Waals surface area contributed by atoms with Gasteiger partial charge in [0.2, 0.25) is 5.91 Å². The van der Waals surface area contributed by atoms with E-state index in [9.17, 15) is 9.59 Å². The maximum absolute atomic E-state index is 12.3. The maximum atomic E-state index is 12.3. The van der Waals surface area contributed by atoms with Gasteiger partial charge in [-0.3, -0.25) is 14.5 Å². The minimum absolute atomic E-state index is 0.0634. The highest BCUT2D eigenvalue weighted by Gasteiger charge is 2.19. The van der Waals surface area contributed by atoms with Crippen LogP contribution in [-0.4, -0.2) is 54.3 Å². The van der Waals surface area contributed by atoms with Crippen molar-refractivity contribution in [2.24, 2.45) is 0 Å². The van der Waals surface area contributed by atoms with Crippen molar-refractivity contribution < 1.29 is 9.59 Å². The first kappa shape index (κ1) is 17.9. The summed E-state index contributed by atoms with van der Waals surface area (Å²) in [7, 11) is 0. The van der Waals surface area contributed by atoms with Crippen LogP contribution in [0, 0.1) is 0 Å². The molecule has 128 valence electrons. The van der Waals surface area contributed by atoms with Crippen LogP contribution in [0.1, 0.15) is 23.2 Å². The van der Waals surface area contributed by atoms with Crippen molar-refractivity contribution in [1.29, 1.82) is 0 Å². The lowest BCUT2D eigenvalue weighted by molar-refractivity contribution is -0.117. The van der Waals surface area contributed by atoms with E-state index in [1.807, 2.05) is 9.80 Å². The second-order valence-corrected chi connectivity index (χ2v) is 5.90. The molecule has 0 saturated carbocycles. The normalized spacial score (nSPS) is 13.8. The molecule has 0 radical (unpaired) electrons. The van der Waals surface area contributed by atoms with Crippen LogP contribution >= 0.6 is 0 Å². The molecule has 0 aliphatic carbocycles. The topological polar surface area (TPSA) is 52.7 Å². The predicted molar refractivity (Wildman–Crippen MR) is 97.0 cm³/mol. The summed E-state index contributed by atoms with van der Waals surface area (Å²) in [5.41, 5.74) is 1.35. The summed E-state index contributed by atoms with van der Waals surface area (Å²) in [4.78, 5) is 28.2. The molecule has 1 aromatic carbocycles. The van der Waals surface area contributed by atoms with Crippen molar-refractivity contribution >= 4 is 17.5 Å². The molecule has 1 aliphatic heterocycles. The Morgan fingerprint density at radius 1 is 1.08 bits per heavy atom. The quantitative estimate of drug-likeness (QED) is 0.747. The number of carbonyl (C=O) groups is 2. The number of carbonyl (C=O) groups excluding carboxylic acids is 2. The van der Waals surface area contributed by atoms with Crippen LogP contribution in [0.4, 0.5) is 5.69 Å². The Bertz CT molecular complexity index is 579. The first-order valence-corrected chi connectivity index (χ1v) is 8.27. The number of likely N-dealkylation sites (tertiary alicyclic amines) is 1. The van der Waals surface area contributed by atoms with Gasteiger partial charge >= 0.3 is 0 Å². The van der Waals surface area contributed by atoms with Gasteiger partial charge in [0.15, 0.2) is 0 Å². The summed E-state index contributed by atoms with van der Waals surface area (Å²) < 4.78 is 0. The lowest BCUT2D eigenvalue weighted by Gasteiger charge is -2.18. The fourth-order valence-electron chi connectivity index (χ4n) is 2.77. The molecule has 0 aromatic heterocycles. The maximum Gasteiger partial charge on any atom is 0.253 e. The summed E-state index contributed by atoms with van der Waals surface area (Å²) in [6.45, 7) is 10.6. The average molecular weight is 327 g/mol. The van der Waals surface area contributed by atoms with E-state index in [1.165, 1.54) is 0 Å². The minimum atomic E-state index is -0.0997. The molecule has 1 N–H and O–H groups in total. The van der Waals surface area contributed by atoms with E-state index in [0.717, 1.165) is 25.9 Å². The highest BCUT2D eigenvalue weighted by atomic mass is 16.2. The fourth-order valence-corrected chi connectivity index (χ4v) is 2.77. The molecule has 5 heteroatoms. The number of hydrogen-bond donors (Lipinski definition) is 1. The van der Waals surface area contributed by atoms with E-state index in [4.69, 9.17) is 0 Å². The predicted octanol–water partition coefficient (Wildman–Crippen LogP) is 2.54. The van der Waals surface area contributed by atoms with Crippen LogP contribution < -0.4 is 5.32 Å². The van der Waals surface area contributed by atoms with Gasteiger partial charge in [-0.2, -0.15) is 0 Å². The Balaban J connectivity index is 1.90. The summed E-state index contributed by atoms with van der Waals surface area (Å²) in [6, 6.07) is 7.07. The van der Waals surface area contributed by atoms with Crippen LogP contribution in [0.2, 0.25) is 0 Å². The third-order valence-corrected chi connectivity index (χ3v) is 3.95. The minimum Gasteiger partial charge on any atom is -0.339 e. The van der Waals surface area contributed by atoms with Crippen LogP contribution in [-0.2, 0) is 4.79 Å². The second kappa shape index (κ2) is 9.03. The first-order chi connectivity index (χ1) is 11.6. The smallest absolute Gasteiger partial charge is 0.253 e. The highest BCUT2D eigenvalue weighted by Crippen LogP contribution is 2.15. The monoisotopic (exact) mass is 327 g/mol. The summed E-state index contributed by atoms with van der Waals surface area (Å²) in [5.74, 6) is -0.0363. The van der Waals surface area contributed by atoms with Crippen LogP contribution in [0.5, 0.6) is 0 Å². The number of nitrogens with zero attached hydrogens (tertiary/aromatic N) is 2. The van der Waals surface area contributed by atoms with Crippen LogP contribution in [0.25, 0.3) is 0 Å². The number of hydrogen-bond acceptors (Lipinski definition) is 3. The molecular weight excluding hydrogens is 302 g/mol. The Labute approximate surface area is 143 Å². The van der Waals surface area contributed by atoms with Gasteiger partial charge in [-0.15, -0.1) is 13.2 Å². The van der Waals surface area contributed by atoms with Gasteiger partial charge in [0.25, 0.3) is 5.91 Å². The van der Waals surface area contributed by atoms with Gasteiger partial charge in [-0.1, -0.05) is 12.2 Å². The fraction of sp³-hybridized carbons (Fsp3) is 0.368. The van der Waals surface area contributed by atoms with Crippen molar-refractivity contribution in [3.05, 3.63) is 55.1 Å². The number of benzene rings is 1. The average Bonchev–Trinajstić information content (AvgIpc) is 3.10. The van der Waals surface area contributed by atoms with E-state index in [1.54, 1.807) is 36.4 Å². The Hall–Kier alpha value is -2.40. The van der Waals surface area contributed by atoms with Crippen molar-refractivity contribution in [1.82, 2.24) is 9.80 Å². The van der Waals surface area contributed by atoms with E-state index in [2.05, 4.69) is 18.5 Å². The molecular formula is C19H25N3O2.